The van der Waals surface area contributed by atoms with Gasteiger partial charge < -0.3 is 5.73 Å². The average Bonchev–Trinajstić information content (AvgIpc) is 2.09. The molecule has 1 aliphatic rings. The fraction of sp³-hybridized carbons (Fsp3) is 0.429. The van der Waals surface area contributed by atoms with Crippen molar-refractivity contribution in [3.63, 3.8) is 0 Å². The fourth-order valence-corrected chi connectivity index (χ4v) is 1.04. The Morgan fingerprint density at radius 3 is 2.64 bits per heavy atom. The van der Waals surface area contributed by atoms with E-state index < -0.39 is 28.8 Å². The lowest BCUT2D eigenvalue weighted by Crippen LogP contribution is -2.49. The van der Waals surface area contributed by atoms with Gasteiger partial charge in [0.2, 0.25) is 0 Å². The molecular weight excluding hydrogens is 201 g/mol. The van der Waals surface area contributed by atoms with Crippen LogP contribution in [0.25, 0.3) is 0 Å². The van der Waals surface area contributed by atoms with Gasteiger partial charge in [0.05, 0.1) is 4.92 Å². The standard InChI is InChI=1S/C7H7F3N2O2/c8-6(9)4-1-2-5(11)7(10,3-4)12(13)14/h1-3,5-6H,11H2/t5?,7-/m1/s1. The van der Waals surface area contributed by atoms with Gasteiger partial charge in [0, 0.05) is 11.6 Å². The molecule has 2 N–H and O–H groups in total. The third-order valence-electron chi connectivity index (χ3n) is 1.86. The maximum atomic E-state index is 13.4. The monoisotopic (exact) mass is 208 g/mol. The lowest BCUT2D eigenvalue weighted by Gasteiger charge is -2.21. The van der Waals surface area contributed by atoms with E-state index in [2.05, 4.69) is 0 Å². The van der Waals surface area contributed by atoms with Gasteiger partial charge >= 0.3 is 5.79 Å². The minimum atomic E-state index is -3.14. The van der Waals surface area contributed by atoms with Gasteiger partial charge in [0.1, 0.15) is 6.04 Å². The van der Waals surface area contributed by atoms with Crippen LogP contribution in [-0.4, -0.2) is 23.2 Å². The van der Waals surface area contributed by atoms with Gasteiger partial charge in [-0.3, -0.25) is 10.1 Å². The van der Waals surface area contributed by atoms with Crippen LogP contribution in [-0.2, 0) is 0 Å². The van der Waals surface area contributed by atoms with E-state index in [4.69, 9.17) is 5.73 Å². The highest BCUT2D eigenvalue weighted by Gasteiger charge is 2.49. The van der Waals surface area contributed by atoms with E-state index in [1.165, 1.54) is 0 Å². The molecule has 0 saturated heterocycles. The number of nitrogens with zero attached hydrogens (tertiary/aromatic N) is 1. The van der Waals surface area contributed by atoms with Gasteiger partial charge in [-0.1, -0.05) is 12.2 Å². The predicted molar refractivity (Wildman–Crippen MR) is 42.0 cm³/mol. The second kappa shape index (κ2) is 3.41. The number of alkyl halides is 3. The summed E-state index contributed by atoms with van der Waals surface area (Å²) in [6, 6.07) is -1.54. The Balaban J connectivity index is 3.08. The highest BCUT2D eigenvalue weighted by atomic mass is 19.3. The first kappa shape index (κ1) is 10.7. The van der Waals surface area contributed by atoms with Crippen LogP contribution in [0.2, 0.25) is 0 Å². The van der Waals surface area contributed by atoms with E-state index >= 15 is 0 Å². The van der Waals surface area contributed by atoms with Crippen LogP contribution in [0.5, 0.6) is 0 Å². The highest BCUT2D eigenvalue weighted by Crippen LogP contribution is 2.27. The van der Waals surface area contributed by atoms with Crippen LogP contribution in [0.3, 0.4) is 0 Å². The summed E-state index contributed by atoms with van der Waals surface area (Å²) < 4.78 is 37.6. The van der Waals surface area contributed by atoms with Crippen LogP contribution < -0.4 is 5.73 Å². The normalized spacial score (nSPS) is 31.8. The van der Waals surface area contributed by atoms with Gasteiger partial charge in [-0.25, -0.2) is 8.78 Å². The third-order valence-corrected chi connectivity index (χ3v) is 1.86. The first-order valence-electron chi connectivity index (χ1n) is 3.66. The molecule has 1 unspecified atom stereocenters. The van der Waals surface area contributed by atoms with E-state index in [1.54, 1.807) is 0 Å². The summed E-state index contributed by atoms with van der Waals surface area (Å²) in [6.45, 7) is 0. The quantitative estimate of drug-likeness (QED) is 0.418. The van der Waals surface area contributed by atoms with E-state index in [0.29, 0.717) is 0 Å². The maximum Gasteiger partial charge on any atom is 0.396 e. The van der Waals surface area contributed by atoms with Crippen molar-refractivity contribution < 1.29 is 18.1 Å². The lowest BCUT2D eigenvalue weighted by atomic mass is 9.97. The summed E-state index contributed by atoms with van der Waals surface area (Å²) in [6.07, 6.45) is -0.961. The van der Waals surface area contributed by atoms with Crippen LogP contribution >= 0.6 is 0 Å². The zero-order chi connectivity index (χ0) is 10.9. The minimum absolute atomic E-state index is 0.252. The van der Waals surface area contributed by atoms with Crippen molar-refractivity contribution in [1.29, 1.82) is 0 Å². The van der Waals surface area contributed by atoms with Crippen LogP contribution in [0.4, 0.5) is 13.2 Å². The van der Waals surface area contributed by atoms with Crippen molar-refractivity contribution >= 4 is 0 Å². The molecule has 0 aromatic carbocycles. The molecule has 0 aromatic rings. The summed E-state index contributed by atoms with van der Waals surface area (Å²) in [7, 11) is 0. The number of nitro groups is 1. The second-order valence-electron chi connectivity index (χ2n) is 2.81. The minimum Gasteiger partial charge on any atom is -0.316 e. The second-order valence-corrected chi connectivity index (χ2v) is 2.81. The summed E-state index contributed by atoms with van der Waals surface area (Å²) in [5, 5.41) is 10.3. The molecule has 7 heteroatoms. The summed E-state index contributed by atoms with van der Waals surface area (Å²) in [5.74, 6) is -3.14. The molecule has 0 spiro atoms. The molecule has 0 bridgehead atoms. The van der Waals surface area contributed by atoms with Crippen molar-refractivity contribution in [2.24, 2.45) is 5.73 Å². The van der Waals surface area contributed by atoms with E-state index in [-0.39, 0.29) is 6.08 Å². The Labute approximate surface area is 77.0 Å². The molecule has 14 heavy (non-hydrogen) atoms. The van der Waals surface area contributed by atoms with Crippen LogP contribution in [0.1, 0.15) is 0 Å². The van der Waals surface area contributed by atoms with Crippen molar-refractivity contribution in [3.05, 3.63) is 33.9 Å². The molecule has 0 fully saturated rings. The molecule has 0 aliphatic heterocycles. The van der Waals surface area contributed by atoms with Crippen molar-refractivity contribution in [3.8, 4) is 0 Å². The Hall–Kier alpha value is -1.37. The zero-order valence-electron chi connectivity index (χ0n) is 6.86. The summed E-state index contributed by atoms with van der Waals surface area (Å²) in [5.41, 5.74) is 4.35. The Morgan fingerprint density at radius 2 is 2.21 bits per heavy atom. The number of halogens is 3. The number of allylic oxidation sites excluding steroid dienone is 2. The molecule has 0 radical (unpaired) electrons. The fourth-order valence-electron chi connectivity index (χ4n) is 1.04. The van der Waals surface area contributed by atoms with E-state index in [1.807, 2.05) is 0 Å². The van der Waals surface area contributed by atoms with Crippen LogP contribution in [0, 0.1) is 10.1 Å². The average molecular weight is 208 g/mol. The van der Waals surface area contributed by atoms with Crippen LogP contribution in [0.15, 0.2) is 23.8 Å². The van der Waals surface area contributed by atoms with Gasteiger partial charge in [-0.2, -0.15) is 4.39 Å². The molecular formula is C7H7F3N2O2. The van der Waals surface area contributed by atoms with Crippen molar-refractivity contribution in [2.75, 3.05) is 0 Å². The molecule has 0 amide bonds. The first-order valence-corrected chi connectivity index (χ1v) is 3.66. The molecule has 0 aromatic heterocycles. The van der Waals surface area contributed by atoms with E-state index in [9.17, 15) is 23.3 Å². The number of rotatable bonds is 2. The molecule has 1 aliphatic carbocycles. The van der Waals surface area contributed by atoms with Crippen molar-refractivity contribution in [1.82, 2.24) is 0 Å². The molecule has 2 atom stereocenters. The number of hydrogen-bond acceptors (Lipinski definition) is 3. The molecule has 78 valence electrons. The van der Waals surface area contributed by atoms with Gasteiger partial charge in [-0.05, 0) is 0 Å². The summed E-state index contributed by atoms with van der Waals surface area (Å²) >= 11 is 0. The molecule has 0 saturated carbocycles. The zero-order valence-corrected chi connectivity index (χ0v) is 6.86. The van der Waals surface area contributed by atoms with E-state index in [0.717, 1.165) is 12.2 Å². The lowest BCUT2D eigenvalue weighted by molar-refractivity contribution is -0.591. The van der Waals surface area contributed by atoms with Gasteiger partial charge in [0.15, 0.2) is 0 Å². The smallest absolute Gasteiger partial charge is 0.316 e. The highest BCUT2D eigenvalue weighted by molar-refractivity contribution is 5.31. The number of hydrogen-bond donors (Lipinski definition) is 1. The SMILES string of the molecule is NC1C=CC(C(F)F)=C[C@@]1(F)[N+](=O)[O-]. The van der Waals surface area contributed by atoms with Crippen molar-refractivity contribution in [2.45, 2.75) is 18.3 Å². The number of nitrogens with two attached hydrogens (primary N) is 1. The summed E-state index contributed by atoms with van der Waals surface area (Å²) in [4.78, 5) is 8.97. The topological polar surface area (TPSA) is 69.2 Å². The predicted octanol–water partition coefficient (Wildman–Crippen LogP) is 1.02. The molecule has 1 rings (SSSR count). The Kier molecular flexibility index (Phi) is 2.61. The molecule has 0 heterocycles. The Bertz CT molecular complexity index is 316. The third kappa shape index (κ3) is 1.63. The maximum absolute atomic E-state index is 13.4. The van der Waals surface area contributed by atoms with Gasteiger partial charge in [-0.15, -0.1) is 0 Å². The molecule has 4 nitrogen and oxygen atoms in total. The first-order chi connectivity index (χ1) is 6.38. The largest absolute Gasteiger partial charge is 0.396 e. The Morgan fingerprint density at radius 1 is 1.64 bits per heavy atom. The van der Waals surface area contributed by atoms with Gasteiger partial charge in [0.25, 0.3) is 6.43 Å².